The van der Waals surface area contributed by atoms with Crippen molar-refractivity contribution >= 4 is 29.3 Å². The van der Waals surface area contributed by atoms with E-state index in [-0.39, 0.29) is 130 Å². The highest BCUT2D eigenvalue weighted by Gasteiger charge is 2.25. The molecule has 23 heteroatoms. The first kappa shape index (κ1) is 70.0. The molecule has 0 bridgehead atoms. The monoisotopic (exact) mass is 1320 g/mol. The Kier molecular flexibility index (Phi) is 25.1. The minimum absolute atomic E-state index is 0.0435. The van der Waals surface area contributed by atoms with Gasteiger partial charge in [0.1, 0.15) is 26.4 Å². The third-order valence-corrected chi connectivity index (χ3v) is 16.2. The zero-order valence-electron chi connectivity index (χ0n) is 54.8. The van der Waals surface area contributed by atoms with Gasteiger partial charge in [-0.3, -0.25) is 48.2 Å². The average molecular weight is 1320 g/mol. The Hall–Kier alpha value is -11.3. The lowest BCUT2D eigenvalue weighted by molar-refractivity contribution is 0.0929. The summed E-state index contributed by atoms with van der Waals surface area (Å²) in [4.78, 5) is 115. The first-order valence-corrected chi connectivity index (χ1v) is 31.9. The molecule has 4 aromatic heterocycles. The van der Waals surface area contributed by atoms with Crippen LogP contribution in [-0.2, 0) is 61.0 Å². The Morgan fingerprint density at radius 2 is 0.608 bits per heavy atom. The number of rotatable bonds is 34. The summed E-state index contributed by atoms with van der Waals surface area (Å²) in [6, 6.07) is 50.7. The minimum Gasteiger partial charge on any atom is -0.482 e. The normalized spacial score (nSPS) is 11.1. The SMILES string of the molecule is Cn1ccc(C(=O)NCCN(CCNC(=O)c2ccn(C)c(=O)c2OCc2ccccc2)CC(Cc2ccc(N)cc2)CN(CCNC(=O)c2ccn(C)c(=O)c2OCc2ccccc2)CCNC(=O)c2ccn(C)c(=O)c2OCc2ccccc2)c(OCc2ccccc2)c1=O. The van der Waals surface area contributed by atoms with Gasteiger partial charge in [-0.05, 0) is 76.6 Å². The zero-order valence-corrected chi connectivity index (χ0v) is 54.8. The molecule has 0 aliphatic rings. The van der Waals surface area contributed by atoms with Crippen LogP contribution in [0.15, 0.2) is 214 Å². The van der Waals surface area contributed by atoms with Gasteiger partial charge in [-0.25, -0.2) is 0 Å². The number of hydrogen-bond donors (Lipinski definition) is 5. The molecule has 97 heavy (non-hydrogen) atoms. The third kappa shape index (κ3) is 19.9. The van der Waals surface area contributed by atoms with Gasteiger partial charge in [-0.15, -0.1) is 0 Å². The molecule has 4 heterocycles. The number of carbonyl (C=O) groups is 4. The molecular weight excluding hydrogens is 1230 g/mol. The molecule has 504 valence electrons. The van der Waals surface area contributed by atoms with Crippen molar-refractivity contribution in [3.05, 3.63) is 286 Å². The molecule has 23 nitrogen and oxygen atoms in total. The number of nitrogens with zero attached hydrogens (tertiary/aromatic N) is 6. The summed E-state index contributed by atoms with van der Waals surface area (Å²) in [5.74, 6) is -2.91. The number of nitrogens with one attached hydrogen (secondary N) is 4. The van der Waals surface area contributed by atoms with Crippen LogP contribution >= 0.6 is 0 Å². The summed E-state index contributed by atoms with van der Waals surface area (Å²) in [7, 11) is 6.29. The van der Waals surface area contributed by atoms with Gasteiger partial charge in [0, 0.05) is 124 Å². The van der Waals surface area contributed by atoms with Crippen LogP contribution in [0.5, 0.6) is 23.0 Å². The zero-order chi connectivity index (χ0) is 68.6. The largest absolute Gasteiger partial charge is 0.482 e. The molecule has 0 aliphatic carbocycles. The van der Waals surface area contributed by atoms with Crippen molar-refractivity contribution < 1.29 is 38.1 Å². The Morgan fingerprint density at radius 1 is 0.361 bits per heavy atom. The summed E-state index contributed by atoms with van der Waals surface area (Å²) in [6.45, 7) is 2.04. The van der Waals surface area contributed by atoms with E-state index in [4.69, 9.17) is 24.7 Å². The van der Waals surface area contributed by atoms with Gasteiger partial charge in [0.15, 0.2) is 23.0 Å². The number of ether oxygens (including phenoxy) is 4. The lowest BCUT2D eigenvalue weighted by Gasteiger charge is -2.32. The molecule has 0 spiro atoms. The van der Waals surface area contributed by atoms with E-state index < -0.39 is 45.9 Å². The fraction of sp³-hybridized carbons (Fsp3) is 0.270. The predicted molar refractivity (Wildman–Crippen MR) is 370 cm³/mol. The van der Waals surface area contributed by atoms with Gasteiger partial charge in [-0.2, -0.15) is 0 Å². The maximum Gasteiger partial charge on any atom is 0.293 e. The predicted octanol–water partition coefficient (Wildman–Crippen LogP) is 5.86. The first-order chi connectivity index (χ1) is 47.0. The summed E-state index contributed by atoms with van der Waals surface area (Å²) >= 11 is 0. The number of amides is 4. The van der Waals surface area contributed by atoms with Crippen LogP contribution in [0.25, 0.3) is 0 Å². The lowest BCUT2D eigenvalue weighted by Crippen LogP contribution is -2.46. The van der Waals surface area contributed by atoms with E-state index in [1.807, 2.05) is 146 Å². The number of carbonyl (C=O) groups excluding carboxylic acids is 4. The van der Waals surface area contributed by atoms with Crippen LogP contribution in [0.2, 0.25) is 0 Å². The molecule has 9 aromatic rings. The van der Waals surface area contributed by atoms with Gasteiger partial charge in [-0.1, -0.05) is 133 Å². The molecule has 0 fully saturated rings. The van der Waals surface area contributed by atoms with Crippen LogP contribution < -0.4 is 68.2 Å². The highest BCUT2D eigenvalue weighted by molar-refractivity contribution is 5.98. The molecule has 9 rings (SSSR count). The van der Waals surface area contributed by atoms with E-state index in [0.29, 0.717) is 25.2 Å². The van der Waals surface area contributed by atoms with Crippen molar-refractivity contribution in [1.29, 1.82) is 0 Å². The van der Waals surface area contributed by atoms with E-state index in [1.54, 1.807) is 28.2 Å². The molecule has 0 saturated heterocycles. The van der Waals surface area contributed by atoms with Crippen LogP contribution in [0.3, 0.4) is 0 Å². The van der Waals surface area contributed by atoms with E-state index in [9.17, 15) is 38.4 Å². The second-order valence-electron chi connectivity index (χ2n) is 23.4. The Labute approximate surface area is 561 Å². The number of pyridine rings is 4. The van der Waals surface area contributed by atoms with Crippen molar-refractivity contribution in [3.8, 4) is 23.0 Å². The lowest BCUT2D eigenvalue weighted by atomic mass is 9.97. The van der Waals surface area contributed by atoms with Crippen LogP contribution in [0.1, 0.15) is 69.2 Å². The average Bonchev–Trinajstić information content (AvgIpc) is 1.39. The van der Waals surface area contributed by atoms with Gasteiger partial charge in [0.05, 0.1) is 22.3 Å². The molecule has 0 radical (unpaired) electrons. The van der Waals surface area contributed by atoms with Crippen molar-refractivity contribution in [2.45, 2.75) is 32.8 Å². The molecule has 6 N–H and O–H groups in total. The smallest absolute Gasteiger partial charge is 0.293 e. The van der Waals surface area contributed by atoms with Gasteiger partial charge in [0.2, 0.25) is 0 Å². The summed E-state index contributed by atoms with van der Waals surface area (Å²) in [6.07, 6.45) is 6.47. The van der Waals surface area contributed by atoms with Crippen LogP contribution in [-0.4, -0.2) is 117 Å². The molecular formula is C74H81N11O12. The number of nitrogen functional groups attached to an aromatic ring is 1. The van der Waals surface area contributed by atoms with E-state index in [0.717, 1.165) is 27.8 Å². The van der Waals surface area contributed by atoms with Gasteiger partial charge in [0.25, 0.3) is 45.9 Å². The minimum atomic E-state index is -0.548. The standard InChI is InChI=1S/C74H81N11O12/c1-80-37-29-59(63(71(80)90)94-48-53-17-9-5-10-18-53)67(86)76-33-41-84(42-34-77-68(87)60-30-38-81(2)72(91)64(60)95-49-54-19-11-6-12-20-54)46-57(45-52-25-27-58(75)28-26-52)47-85(43-35-78-69(88)61-31-39-82(3)73(92)65(61)96-50-55-21-13-7-14-22-55)44-36-79-70(89)62-32-40-83(4)74(93)66(62)97-51-56-23-15-8-16-24-56/h5-32,37-40,57H,33-36,41-51,75H2,1-4H3,(H,76,86)(H,77,87)(H,78,88)(H,79,89). The molecule has 0 saturated carbocycles. The van der Waals surface area contributed by atoms with Gasteiger partial charge >= 0.3 is 0 Å². The van der Waals surface area contributed by atoms with Crippen molar-refractivity contribution in [2.24, 2.45) is 34.1 Å². The van der Waals surface area contributed by atoms with E-state index in [1.165, 1.54) is 67.3 Å². The van der Waals surface area contributed by atoms with Crippen LogP contribution in [0, 0.1) is 5.92 Å². The molecule has 0 aliphatic heterocycles. The molecule has 4 amide bonds. The summed E-state index contributed by atoms with van der Waals surface area (Å²) < 4.78 is 29.5. The molecule has 5 aromatic carbocycles. The quantitative estimate of drug-likeness (QED) is 0.0296. The third-order valence-electron chi connectivity index (χ3n) is 16.2. The fourth-order valence-corrected chi connectivity index (χ4v) is 10.8. The van der Waals surface area contributed by atoms with Crippen molar-refractivity contribution in [3.63, 3.8) is 0 Å². The number of aromatic nitrogens is 4. The number of anilines is 1. The maximum atomic E-state index is 14.2. The van der Waals surface area contributed by atoms with Crippen molar-refractivity contribution in [2.75, 3.05) is 71.2 Å². The maximum absolute atomic E-state index is 14.2. The number of benzene rings is 5. The fourth-order valence-electron chi connectivity index (χ4n) is 10.8. The Morgan fingerprint density at radius 3 is 0.856 bits per heavy atom. The summed E-state index contributed by atoms with van der Waals surface area (Å²) in [5.41, 5.74) is 9.12. The van der Waals surface area contributed by atoms with E-state index in [2.05, 4.69) is 31.1 Å². The Bertz CT molecular complexity index is 3870. The van der Waals surface area contributed by atoms with Crippen LogP contribution in [0.4, 0.5) is 5.69 Å². The molecule has 0 atom stereocenters. The van der Waals surface area contributed by atoms with E-state index >= 15 is 0 Å². The Balaban J connectivity index is 0.990. The van der Waals surface area contributed by atoms with Gasteiger partial charge < -0.3 is 64.2 Å². The number of hydrogen-bond acceptors (Lipinski definition) is 15. The second-order valence-corrected chi connectivity index (χ2v) is 23.4. The number of aryl methyl sites for hydroxylation is 4. The van der Waals surface area contributed by atoms with Crippen molar-refractivity contribution in [1.82, 2.24) is 49.3 Å². The summed E-state index contributed by atoms with van der Waals surface area (Å²) in [5, 5.41) is 12.0. The first-order valence-electron chi connectivity index (χ1n) is 31.9. The topological polar surface area (TPSA) is 274 Å². The second kappa shape index (κ2) is 34.7. The number of nitrogens with two attached hydrogens (primary N) is 1. The molecule has 0 unspecified atom stereocenters. The highest BCUT2D eigenvalue weighted by Crippen LogP contribution is 2.21. The highest BCUT2D eigenvalue weighted by atomic mass is 16.5.